The Labute approximate surface area is 124 Å². The largest absolute Gasteiger partial charge is 0.488 e. The number of carbonyl (C=O) groups is 1. The van der Waals surface area contributed by atoms with Gasteiger partial charge in [0.2, 0.25) is 0 Å². The predicted molar refractivity (Wildman–Crippen MR) is 79.3 cm³/mol. The first-order valence-corrected chi connectivity index (χ1v) is 7.90. The highest BCUT2D eigenvalue weighted by Gasteiger charge is 2.17. The Morgan fingerprint density at radius 2 is 1.61 bits per heavy atom. The van der Waals surface area contributed by atoms with Crippen molar-refractivity contribution in [3.8, 4) is 5.75 Å². The van der Waals surface area contributed by atoms with Gasteiger partial charge in [0.1, 0.15) is 12.0 Å². The first-order valence-electron chi connectivity index (χ1n) is 6.31. The third-order valence-corrected chi connectivity index (χ3v) is 4.42. The molecule has 98 valence electrons. The predicted octanol–water partition coefficient (Wildman–Crippen LogP) is 5.13. The summed E-state index contributed by atoms with van der Waals surface area (Å²) in [4.78, 5) is 10.8. The Morgan fingerprint density at radius 1 is 1.06 bits per heavy atom. The van der Waals surface area contributed by atoms with Gasteiger partial charge in [-0.3, -0.25) is 4.79 Å². The minimum Gasteiger partial charge on any atom is -0.488 e. The Morgan fingerprint density at radius 3 is 2.11 bits per heavy atom. The van der Waals surface area contributed by atoms with Gasteiger partial charge < -0.3 is 4.74 Å². The van der Waals surface area contributed by atoms with E-state index in [1.807, 2.05) is 0 Å². The summed E-state index contributed by atoms with van der Waals surface area (Å²) in [5.74, 6) is 0.813. The number of ether oxygens (including phenoxy) is 1. The summed E-state index contributed by atoms with van der Waals surface area (Å²) in [6.45, 7) is 0. The van der Waals surface area contributed by atoms with Gasteiger partial charge in [-0.2, -0.15) is 0 Å². The number of halogens is 2. The summed E-state index contributed by atoms with van der Waals surface area (Å²) < 4.78 is 7.76. The fourth-order valence-electron chi connectivity index (χ4n) is 2.29. The molecule has 2 nitrogen and oxygen atoms in total. The van der Waals surface area contributed by atoms with Gasteiger partial charge in [0, 0.05) is 5.56 Å². The SMILES string of the molecule is O=Cc1cc(Br)c(OC2CCCCCC2)c(Br)c1. The van der Waals surface area contributed by atoms with Crippen molar-refractivity contribution in [1.82, 2.24) is 0 Å². The lowest BCUT2D eigenvalue weighted by Crippen LogP contribution is -2.15. The molecule has 0 heterocycles. The molecule has 0 saturated heterocycles. The molecule has 0 unspecified atom stereocenters. The molecule has 0 N–H and O–H groups in total. The average molecular weight is 376 g/mol. The van der Waals surface area contributed by atoms with Crippen molar-refractivity contribution in [3.05, 3.63) is 26.6 Å². The maximum Gasteiger partial charge on any atom is 0.150 e. The summed E-state index contributed by atoms with van der Waals surface area (Å²) >= 11 is 6.94. The number of rotatable bonds is 3. The van der Waals surface area contributed by atoms with Crippen LogP contribution in [0.15, 0.2) is 21.1 Å². The van der Waals surface area contributed by atoms with Gasteiger partial charge in [0.05, 0.1) is 15.0 Å². The van der Waals surface area contributed by atoms with Gasteiger partial charge >= 0.3 is 0 Å². The van der Waals surface area contributed by atoms with Crippen LogP contribution in [-0.2, 0) is 0 Å². The van der Waals surface area contributed by atoms with E-state index in [-0.39, 0.29) is 0 Å². The number of carbonyl (C=O) groups excluding carboxylic acids is 1. The normalized spacial score (nSPS) is 17.2. The molecule has 1 aliphatic carbocycles. The molecule has 0 atom stereocenters. The van der Waals surface area contributed by atoms with Crippen LogP contribution in [0.25, 0.3) is 0 Å². The Kier molecular flexibility index (Phi) is 5.25. The Hall–Kier alpha value is -0.350. The van der Waals surface area contributed by atoms with Gasteiger partial charge in [0.15, 0.2) is 0 Å². The second-order valence-electron chi connectivity index (χ2n) is 4.66. The molecule has 2 rings (SSSR count). The molecular formula is C14H16Br2O2. The topological polar surface area (TPSA) is 26.3 Å². The molecule has 0 bridgehead atoms. The standard InChI is InChI=1S/C14H16Br2O2/c15-12-7-10(9-17)8-13(16)14(12)18-11-5-3-1-2-4-6-11/h7-9,11H,1-6H2. The van der Waals surface area contributed by atoms with E-state index in [4.69, 9.17) is 4.74 Å². The van der Waals surface area contributed by atoms with Crippen LogP contribution in [0.5, 0.6) is 5.75 Å². The van der Waals surface area contributed by atoms with E-state index in [9.17, 15) is 4.79 Å². The molecule has 1 aromatic rings. The lowest BCUT2D eigenvalue weighted by atomic mass is 10.1. The van der Waals surface area contributed by atoms with Gasteiger partial charge in [-0.15, -0.1) is 0 Å². The minimum absolute atomic E-state index is 0.294. The van der Waals surface area contributed by atoms with Crippen molar-refractivity contribution in [3.63, 3.8) is 0 Å². The molecule has 1 saturated carbocycles. The van der Waals surface area contributed by atoms with Crippen molar-refractivity contribution in [2.45, 2.75) is 44.6 Å². The highest BCUT2D eigenvalue weighted by Crippen LogP contribution is 2.36. The molecule has 0 aliphatic heterocycles. The van der Waals surface area contributed by atoms with Crippen molar-refractivity contribution >= 4 is 38.1 Å². The third kappa shape index (κ3) is 3.58. The van der Waals surface area contributed by atoms with Gasteiger partial charge in [-0.05, 0) is 69.7 Å². The summed E-state index contributed by atoms with van der Waals surface area (Å²) in [5.41, 5.74) is 0.641. The zero-order chi connectivity index (χ0) is 13.0. The van der Waals surface area contributed by atoms with Crippen LogP contribution in [-0.4, -0.2) is 12.4 Å². The highest BCUT2D eigenvalue weighted by molar-refractivity contribution is 9.11. The van der Waals surface area contributed by atoms with Crippen LogP contribution in [0.3, 0.4) is 0 Å². The zero-order valence-electron chi connectivity index (χ0n) is 10.1. The lowest BCUT2D eigenvalue weighted by Gasteiger charge is -2.19. The number of aldehydes is 1. The molecule has 1 aliphatic rings. The van der Waals surface area contributed by atoms with Crippen LogP contribution in [0.2, 0.25) is 0 Å². The molecule has 4 heteroatoms. The van der Waals surface area contributed by atoms with E-state index in [0.717, 1.165) is 33.8 Å². The maximum absolute atomic E-state index is 10.8. The third-order valence-electron chi connectivity index (χ3n) is 3.24. The van der Waals surface area contributed by atoms with Crippen molar-refractivity contribution in [2.75, 3.05) is 0 Å². The molecule has 1 aromatic carbocycles. The molecule has 0 radical (unpaired) electrons. The molecule has 0 spiro atoms. The van der Waals surface area contributed by atoms with E-state index in [1.54, 1.807) is 12.1 Å². The van der Waals surface area contributed by atoms with Crippen molar-refractivity contribution in [2.24, 2.45) is 0 Å². The molecule has 0 amide bonds. The van der Waals surface area contributed by atoms with Crippen LogP contribution in [0, 0.1) is 0 Å². The second kappa shape index (κ2) is 6.71. The summed E-state index contributed by atoms with van der Waals surface area (Å²) in [6, 6.07) is 3.59. The fraction of sp³-hybridized carbons (Fsp3) is 0.500. The first kappa shape index (κ1) is 14.1. The second-order valence-corrected chi connectivity index (χ2v) is 6.37. The quantitative estimate of drug-likeness (QED) is 0.541. The van der Waals surface area contributed by atoms with E-state index < -0.39 is 0 Å². The summed E-state index contributed by atoms with van der Waals surface area (Å²) in [7, 11) is 0. The van der Waals surface area contributed by atoms with E-state index in [0.29, 0.717) is 11.7 Å². The van der Waals surface area contributed by atoms with E-state index in [1.165, 1.54) is 25.7 Å². The number of benzene rings is 1. The number of hydrogen-bond donors (Lipinski definition) is 0. The molecule has 0 aromatic heterocycles. The van der Waals surface area contributed by atoms with Gasteiger partial charge in [-0.25, -0.2) is 0 Å². The Balaban J connectivity index is 2.15. The van der Waals surface area contributed by atoms with Crippen LogP contribution >= 0.6 is 31.9 Å². The zero-order valence-corrected chi connectivity index (χ0v) is 13.3. The van der Waals surface area contributed by atoms with Gasteiger partial charge in [-0.1, -0.05) is 12.8 Å². The maximum atomic E-state index is 10.8. The van der Waals surface area contributed by atoms with Crippen LogP contribution in [0.1, 0.15) is 48.9 Å². The minimum atomic E-state index is 0.294. The van der Waals surface area contributed by atoms with Crippen LogP contribution in [0.4, 0.5) is 0 Å². The number of hydrogen-bond acceptors (Lipinski definition) is 2. The lowest BCUT2D eigenvalue weighted by molar-refractivity contribution is 0.112. The van der Waals surface area contributed by atoms with Crippen molar-refractivity contribution < 1.29 is 9.53 Å². The van der Waals surface area contributed by atoms with E-state index >= 15 is 0 Å². The average Bonchev–Trinajstić information content (AvgIpc) is 2.62. The molecular weight excluding hydrogens is 360 g/mol. The Bertz CT molecular complexity index is 401. The smallest absolute Gasteiger partial charge is 0.150 e. The summed E-state index contributed by atoms with van der Waals surface area (Å²) in [5, 5.41) is 0. The van der Waals surface area contributed by atoms with Crippen LogP contribution < -0.4 is 4.74 Å². The van der Waals surface area contributed by atoms with E-state index in [2.05, 4.69) is 31.9 Å². The summed E-state index contributed by atoms with van der Waals surface area (Å²) in [6.07, 6.45) is 8.48. The molecule has 1 fully saturated rings. The van der Waals surface area contributed by atoms with Gasteiger partial charge in [0.25, 0.3) is 0 Å². The van der Waals surface area contributed by atoms with Crippen molar-refractivity contribution in [1.29, 1.82) is 0 Å². The highest BCUT2D eigenvalue weighted by atomic mass is 79.9. The first-order chi connectivity index (χ1) is 8.70. The monoisotopic (exact) mass is 374 g/mol. The fourth-order valence-corrected chi connectivity index (χ4v) is 3.70. The molecule has 18 heavy (non-hydrogen) atoms.